The van der Waals surface area contributed by atoms with Crippen molar-refractivity contribution in [1.29, 1.82) is 0 Å². The molecular weight excluding hydrogens is 462 g/mol. The Labute approximate surface area is 198 Å². The molecule has 10 nitrogen and oxygen atoms in total. The summed E-state index contributed by atoms with van der Waals surface area (Å²) in [5.74, 6) is 1.09. The van der Waals surface area contributed by atoms with Gasteiger partial charge in [0.1, 0.15) is 10.6 Å². The van der Waals surface area contributed by atoms with Crippen LogP contribution in [0.5, 0.6) is 11.5 Å². The third-order valence-electron chi connectivity index (χ3n) is 6.01. The molecule has 1 amide bonds. The van der Waals surface area contributed by atoms with E-state index in [4.69, 9.17) is 14.0 Å². The fourth-order valence-electron chi connectivity index (χ4n) is 4.22. The predicted molar refractivity (Wildman–Crippen MR) is 122 cm³/mol. The van der Waals surface area contributed by atoms with Crippen LogP contribution in [0, 0.1) is 13.8 Å². The zero-order chi connectivity index (χ0) is 24.3. The van der Waals surface area contributed by atoms with Gasteiger partial charge in [0.2, 0.25) is 15.9 Å². The summed E-state index contributed by atoms with van der Waals surface area (Å²) in [7, 11) is -3.76. The van der Waals surface area contributed by atoms with E-state index in [9.17, 15) is 18.0 Å². The first-order chi connectivity index (χ1) is 16.3. The molecule has 0 saturated carbocycles. The summed E-state index contributed by atoms with van der Waals surface area (Å²) in [6.07, 6.45) is 1.41. The van der Waals surface area contributed by atoms with Gasteiger partial charge in [-0.05, 0) is 38.5 Å². The van der Waals surface area contributed by atoms with E-state index in [0.29, 0.717) is 55.5 Å². The highest BCUT2D eigenvalue weighted by Crippen LogP contribution is 2.31. The standard InChI is InChI=1S/C23H29N3O7S/c1-16-23(17(2)33-24-16)34(29,30)26-10-3-9-25(11-12-26)22(28)8-6-19(27)18-5-7-20-21(15-18)32-14-4-13-31-20/h5,7,15H,3-4,6,8-14H2,1-2H3. The first-order valence-electron chi connectivity index (χ1n) is 11.4. The van der Waals surface area contributed by atoms with Crippen LogP contribution in [0.4, 0.5) is 0 Å². The monoisotopic (exact) mass is 491 g/mol. The fourth-order valence-corrected chi connectivity index (χ4v) is 5.98. The molecule has 0 bridgehead atoms. The van der Waals surface area contributed by atoms with Crippen LogP contribution in [-0.4, -0.2) is 73.9 Å². The van der Waals surface area contributed by atoms with E-state index in [1.807, 2.05) is 0 Å². The lowest BCUT2D eigenvalue weighted by atomic mass is 10.1. The van der Waals surface area contributed by atoms with Crippen LogP contribution < -0.4 is 9.47 Å². The van der Waals surface area contributed by atoms with E-state index in [2.05, 4.69) is 5.16 Å². The van der Waals surface area contributed by atoms with Gasteiger partial charge in [-0.2, -0.15) is 4.31 Å². The minimum Gasteiger partial charge on any atom is -0.490 e. The number of hydrogen-bond donors (Lipinski definition) is 0. The van der Waals surface area contributed by atoms with Crippen LogP contribution in [-0.2, 0) is 14.8 Å². The Morgan fingerprint density at radius 2 is 1.74 bits per heavy atom. The summed E-state index contributed by atoms with van der Waals surface area (Å²) in [6, 6.07) is 5.07. The Kier molecular flexibility index (Phi) is 7.22. The lowest BCUT2D eigenvalue weighted by molar-refractivity contribution is -0.131. The van der Waals surface area contributed by atoms with Gasteiger partial charge in [0, 0.05) is 51.0 Å². The Morgan fingerprint density at radius 1 is 0.971 bits per heavy atom. The largest absolute Gasteiger partial charge is 0.490 e. The molecule has 2 aliphatic heterocycles. The molecule has 0 aliphatic carbocycles. The normalized spacial score (nSPS) is 17.2. The Bertz CT molecular complexity index is 1160. The number of aromatic nitrogens is 1. The summed E-state index contributed by atoms with van der Waals surface area (Å²) < 4.78 is 43.8. The van der Waals surface area contributed by atoms with Crippen LogP contribution in [0.25, 0.3) is 0 Å². The number of amides is 1. The molecule has 184 valence electrons. The number of ketones is 1. The van der Waals surface area contributed by atoms with Crippen molar-refractivity contribution >= 4 is 21.7 Å². The van der Waals surface area contributed by atoms with Crippen molar-refractivity contribution in [2.75, 3.05) is 39.4 Å². The smallest absolute Gasteiger partial charge is 0.248 e. The highest BCUT2D eigenvalue weighted by Gasteiger charge is 2.33. The maximum atomic E-state index is 13.1. The maximum Gasteiger partial charge on any atom is 0.248 e. The van der Waals surface area contributed by atoms with Crippen molar-refractivity contribution < 1.29 is 32.0 Å². The molecule has 1 aromatic carbocycles. The molecule has 1 fully saturated rings. The number of Topliss-reactive ketones (excluding diaryl/α,β-unsaturated/α-hetero) is 1. The maximum absolute atomic E-state index is 13.1. The molecule has 11 heteroatoms. The van der Waals surface area contributed by atoms with Crippen molar-refractivity contribution in [3.05, 3.63) is 35.2 Å². The van der Waals surface area contributed by atoms with E-state index in [1.165, 1.54) is 4.31 Å². The van der Waals surface area contributed by atoms with Crippen molar-refractivity contribution in [2.45, 2.75) is 44.4 Å². The number of aryl methyl sites for hydroxylation is 2. The van der Waals surface area contributed by atoms with Crippen molar-refractivity contribution in [2.24, 2.45) is 0 Å². The van der Waals surface area contributed by atoms with Gasteiger partial charge in [0.25, 0.3) is 0 Å². The first kappa shape index (κ1) is 24.2. The average molecular weight is 492 g/mol. The molecule has 3 heterocycles. The number of benzene rings is 1. The van der Waals surface area contributed by atoms with Gasteiger partial charge in [-0.15, -0.1) is 0 Å². The van der Waals surface area contributed by atoms with Gasteiger partial charge >= 0.3 is 0 Å². The summed E-state index contributed by atoms with van der Waals surface area (Å²) in [5.41, 5.74) is 0.799. The van der Waals surface area contributed by atoms with Gasteiger partial charge in [-0.25, -0.2) is 8.42 Å². The van der Waals surface area contributed by atoms with Crippen LogP contribution >= 0.6 is 0 Å². The minimum absolute atomic E-state index is 0.0594. The molecule has 0 radical (unpaired) electrons. The van der Waals surface area contributed by atoms with Crippen molar-refractivity contribution in [1.82, 2.24) is 14.4 Å². The Balaban J connectivity index is 1.34. The van der Waals surface area contributed by atoms with Gasteiger partial charge in [0.05, 0.1) is 13.2 Å². The molecule has 0 N–H and O–H groups in total. The molecule has 0 unspecified atom stereocenters. The number of hydrogen-bond acceptors (Lipinski definition) is 8. The highest BCUT2D eigenvalue weighted by atomic mass is 32.2. The lowest BCUT2D eigenvalue weighted by Crippen LogP contribution is -2.37. The van der Waals surface area contributed by atoms with Crippen LogP contribution in [0.2, 0.25) is 0 Å². The number of ether oxygens (including phenoxy) is 2. The van der Waals surface area contributed by atoms with E-state index in [1.54, 1.807) is 36.9 Å². The second kappa shape index (κ2) is 10.1. The lowest BCUT2D eigenvalue weighted by Gasteiger charge is -2.22. The molecule has 1 aromatic heterocycles. The van der Waals surface area contributed by atoms with Crippen LogP contribution in [0.3, 0.4) is 0 Å². The molecule has 1 saturated heterocycles. The summed E-state index contributed by atoms with van der Waals surface area (Å²) in [5, 5.41) is 3.75. The second-order valence-electron chi connectivity index (χ2n) is 8.43. The third kappa shape index (κ3) is 5.10. The Hall–Kier alpha value is -2.92. The quantitative estimate of drug-likeness (QED) is 0.565. The number of carbonyl (C=O) groups excluding carboxylic acids is 2. The zero-order valence-electron chi connectivity index (χ0n) is 19.4. The molecular formula is C23H29N3O7S. The van der Waals surface area contributed by atoms with Crippen molar-refractivity contribution in [3.8, 4) is 11.5 Å². The van der Waals surface area contributed by atoms with E-state index >= 15 is 0 Å². The summed E-state index contributed by atoms with van der Waals surface area (Å²) in [6.45, 7) is 5.44. The van der Waals surface area contributed by atoms with Gasteiger partial charge in [-0.3, -0.25) is 9.59 Å². The average Bonchev–Trinajstić information content (AvgIpc) is 3.02. The summed E-state index contributed by atoms with van der Waals surface area (Å²) >= 11 is 0. The number of fused-ring (bicyclic) bond motifs is 1. The first-order valence-corrected chi connectivity index (χ1v) is 12.8. The summed E-state index contributed by atoms with van der Waals surface area (Å²) in [4.78, 5) is 27.2. The predicted octanol–water partition coefficient (Wildman–Crippen LogP) is 2.34. The number of carbonyl (C=O) groups is 2. The molecule has 34 heavy (non-hydrogen) atoms. The topological polar surface area (TPSA) is 119 Å². The van der Waals surface area contributed by atoms with E-state index < -0.39 is 10.0 Å². The number of nitrogens with zero attached hydrogens (tertiary/aromatic N) is 3. The van der Waals surface area contributed by atoms with Gasteiger partial charge < -0.3 is 18.9 Å². The number of rotatable bonds is 6. The van der Waals surface area contributed by atoms with Gasteiger partial charge in [-0.1, -0.05) is 5.16 Å². The van der Waals surface area contributed by atoms with Crippen LogP contribution in [0.1, 0.15) is 47.5 Å². The molecule has 2 aliphatic rings. The fraction of sp³-hybridized carbons (Fsp3) is 0.522. The molecule has 2 aromatic rings. The van der Waals surface area contributed by atoms with Gasteiger partial charge in [0.15, 0.2) is 23.0 Å². The Morgan fingerprint density at radius 3 is 2.47 bits per heavy atom. The van der Waals surface area contributed by atoms with E-state index in [0.717, 1.165) is 6.42 Å². The minimum atomic E-state index is -3.76. The molecule has 0 atom stereocenters. The zero-order valence-corrected chi connectivity index (χ0v) is 20.2. The highest BCUT2D eigenvalue weighted by molar-refractivity contribution is 7.89. The van der Waals surface area contributed by atoms with Crippen LogP contribution in [0.15, 0.2) is 27.6 Å². The van der Waals surface area contributed by atoms with E-state index in [-0.39, 0.29) is 48.3 Å². The van der Waals surface area contributed by atoms with Crippen molar-refractivity contribution in [3.63, 3.8) is 0 Å². The second-order valence-corrected chi connectivity index (χ2v) is 10.3. The number of sulfonamides is 1. The SMILES string of the molecule is Cc1noc(C)c1S(=O)(=O)N1CCCN(C(=O)CCC(=O)c2ccc3c(c2)OCCCO3)CC1. The third-order valence-corrected chi connectivity index (χ3v) is 8.15. The molecule has 4 rings (SSSR count). The molecule has 0 spiro atoms.